The lowest BCUT2D eigenvalue weighted by molar-refractivity contribution is -0.119. The third-order valence-electron chi connectivity index (χ3n) is 1.33. The molecule has 0 bridgehead atoms. The first-order valence-corrected chi connectivity index (χ1v) is 2.80. The summed E-state index contributed by atoms with van der Waals surface area (Å²) in [6, 6.07) is 0. The van der Waals surface area contributed by atoms with Gasteiger partial charge in [-0.1, -0.05) is 0 Å². The molecule has 3 heteroatoms. The maximum Gasteiger partial charge on any atom is 0.231 e. The molecule has 1 saturated heterocycles. The summed E-state index contributed by atoms with van der Waals surface area (Å²) in [5.74, 6) is -0.218. The van der Waals surface area contributed by atoms with Gasteiger partial charge in [0, 0.05) is 0 Å². The molecule has 0 unspecified atom stereocenters. The number of likely N-dealkylation sites (tertiary alicyclic amines) is 1. The molecule has 0 radical (unpaired) electrons. The summed E-state index contributed by atoms with van der Waals surface area (Å²) in [6.07, 6.45) is 1.22. The van der Waals surface area contributed by atoms with E-state index >= 15 is 0 Å². The second kappa shape index (κ2) is 2.13. The predicted molar refractivity (Wildman–Crippen MR) is 30.3 cm³/mol. The van der Waals surface area contributed by atoms with Crippen molar-refractivity contribution in [3.63, 3.8) is 0 Å². The first-order valence-electron chi connectivity index (χ1n) is 2.80. The van der Waals surface area contributed by atoms with Crippen molar-refractivity contribution in [1.29, 1.82) is 0 Å². The largest absolute Gasteiger partial charge is 0.369 e. The summed E-state index contributed by atoms with van der Waals surface area (Å²) < 4.78 is 0. The molecular formula is C5H10N2O. The highest BCUT2D eigenvalue weighted by molar-refractivity contribution is 5.75. The van der Waals surface area contributed by atoms with Gasteiger partial charge in [0.25, 0.3) is 0 Å². The molecule has 0 atom stereocenters. The van der Waals surface area contributed by atoms with Gasteiger partial charge in [-0.05, 0) is 19.5 Å². The van der Waals surface area contributed by atoms with E-state index in [9.17, 15) is 4.79 Å². The molecule has 8 heavy (non-hydrogen) atoms. The number of rotatable bonds is 2. The fourth-order valence-electron chi connectivity index (χ4n) is 0.760. The fourth-order valence-corrected chi connectivity index (χ4v) is 0.760. The third-order valence-corrected chi connectivity index (χ3v) is 1.33. The molecule has 0 aromatic carbocycles. The van der Waals surface area contributed by atoms with E-state index in [0.29, 0.717) is 6.54 Å². The quantitative estimate of drug-likeness (QED) is 0.509. The molecule has 3 nitrogen and oxygen atoms in total. The van der Waals surface area contributed by atoms with Gasteiger partial charge in [-0.25, -0.2) is 0 Å². The first-order chi connectivity index (χ1) is 3.79. The van der Waals surface area contributed by atoms with E-state index in [2.05, 4.69) is 0 Å². The van der Waals surface area contributed by atoms with Crippen molar-refractivity contribution in [2.75, 3.05) is 19.6 Å². The number of hydrogen-bond acceptors (Lipinski definition) is 2. The highest BCUT2D eigenvalue weighted by Crippen LogP contribution is 2.02. The van der Waals surface area contributed by atoms with Gasteiger partial charge < -0.3 is 5.73 Å². The lowest BCUT2D eigenvalue weighted by Crippen LogP contribution is -2.42. The lowest BCUT2D eigenvalue weighted by atomic mass is 10.2. The SMILES string of the molecule is NC(=O)CN1CCC1. The zero-order valence-electron chi connectivity index (χ0n) is 4.76. The molecule has 0 aromatic rings. The van der Waals surface area contributed by atoms with Crippen LogP contribution in [0.4, 0.5) is 0 Å². The Balaban J connectivity index is 2.09. The Labute approximate surface area is 48.5 Å². The summed E-state index contributed by atoms with van der Waals surface area (Å²) in [7, 11) is 0. The molecule has 1 amide bonds. The molecule has 0 aliphatic carbocycles. The van der Waals surface area contributed by atoms with Crippen molar-refractivity contribution in [3.8, 4) is 0 Å². The van der Waals surface area contributed by atoms with Crippen molar-refractivity contribution >= 4 is 5.91 Å². The second-order valence-electron chi connectivity index (χ2n) is 2.10. The summed E-state index contributed by atoms with van der Waals surface area (Å²) in [5.41, 5.74) is 4.92. The van der Waals surface area contributed by atoms with E-state index < -0.39 is 0 Å². The van der Waals surface area contributed by atoms with E-state index in [4.69, 9.17) is 5.73 Å². The minimum Gasteiger partial charge on any atom is -0.369 e. The van der Waals surface area contributed by atoms with E-state index in [1.54, 1.807) is 0 Å². The third kappa shape index (κ3) is 1.20. The minimum absolute atomic E-state index is 0.218. The number of nitrogens with zero attached hydrogens (tertiary/aromatic N) is 1. The Hall–Kier alpha value is -0.570. The van der Waals surface area contributed by atoms with Gasteiger partial charge >= 0.3 is 0 Å². The number of hydrogen-bond donors (Lipinski definition) is 1. The Kier molecular flexibility index (Phi) is 1.48. The molecule has 1 heterocycles. The van der Waals surface area contributed by atoms with Gasteiger partial charge in [0.2, 0.25) is 5.91 Å². The molecule has 0 spiro atoms. The molecule has 1 rings (SSSR count). The Bertz CT molecular complexity index is 98.6. The van der Waals surface area contributed by atoms with E-state index in [0.717, 1.165) is 13.1 Å². The summed E-state index contributed by atoms with van der Waals surface area (Å²) in [6.45, 7) is 2.53. The molecule has 1 aliphatic rings. The lowest BCUT2D eigenvalue weighted by Gasteiger charge is -2.28. The minimum atomic E-state index is -0.218. The van der Waals surface area contributed by atoms with E-state index in [1.807, 2.05) is 4.90 Å². The standard InChI is InChI=1S/C5H10N2O/c6-5(8)4-7-2-1-3-7/h1-4H2,(H2,6,8). The molecular weight excluding hydrogens is 104 g/mol. The second-order valence-corrected chi connectivity index (χ2v) is 2.10. The van der Waals surface area contributed by atoms with Crippen LogP contribution in [0.2, 0.25) is 0 Å². The van der Waals surface area contributed by atoms with Crippen molar-refractivity contribution in [2.24, 2.45) is 5.73 Å². The average Bonchev–Trinajstić information content (AvgIpc) is 1.55. The van der Waals surface area contributed by atoms with Crippen LogP contribution in [0.3, 0.4) is 0 Å². The maximum atomic E-state index is 10.2. The van der Waals surface area contributed by atoms with Crippen molar-refractivity contribution in [3.05, 3.63) is 0 Å². The van der Waals surface area contributed by atoms with Gasteiger partial charge in [-0.3, -0.25) is 9.69 Å². The van der Waals surface area contributed by atoms with Crippen LogP contribution in [0.5, 0.6) is 0 Å². The molecule has 0 aromatic heterocycles. The summed E-state index contributed by atoms with van der Waals surface area (Å²) >= 11 is 0. The van der Waals surface area contributed by atoms with Crippen LogP contribution in [-0.4, -0.2) is 30.4 Å². The number of nitrogens with two attached hydrogens (primary N) is 1. The van der Waals surface area contributed by atoms with Gasteiger partial charge in [-0.2, -0.15) is 0 Å². The average molecular weight is 114 g/mol. The fraction of sp³-hybridized carbons (Fsp3) is 0.800. The Morgan fingerprint density at radius 1 is 1.62 bits per heavy atom. The molecule has 2 N–H and O–H groups in total. The number of carbonyl (C=O) groups excluding carboxylic acids is 1. The monoisotopic (exact) mass is 114 g/mol. The number of amides is 1. The molecule has 46 valence electrons. The van der Waals surface area contributed by atoms with Crippen molar-refractivity contribution in [1.82, 2.24) is 4.90 Å². The van der Waals surface area contributed by atoms with Gasteiger partial charge in [-0.15, -0.1) is 0 Å². The van der Waals surface area contributed by atoms with E-state index in [1.165, 1.54) is 6.42 Å². The van der Waals surface area contributed by atoms with Crippen molar-refractivity contribution < 1.29 is 4.79 Å². The van der Waals surface area contributed by atoms with Crippen LogP contribution in [0.15, 0.2) is 0 Å². The van der Waals surface area contributed by atoms with Crippen LogP contribution in [0.1, 0.15) is 6.42 Å². The van der Waals surface area contributed by atoms with Crippen molar-refractivity contribution in [2.45, 2.75) is 6.42 Å². The van der Waals surface area contributed by atoms with Crippen LogP contribution in [-0.2, 0) is 4.79 Å². The molecule has 1 aliphatic heterocycles. The molecule has 1 fully saturated rings. The van der Waals surface area contributed by atoms with Crippen LogP contribution >= 0.6 is 0 Å². The van der Waals surface area contributed by atoms with Crippen LogP contribution in [0, 0.1) is 0 Å². The predicted octanol–water partition coefficient (Wildman–Crippen LogP) is -0.823. The number of primary amides is 1. The summed E-state index contributed by atoms with van der Waals surface area (Å²) in [5, 5.41) is 0. The van der Waals surface area contributed by atoms with Gasteiger partial charge in [0.15, 0.2) is 0 Å². The Morgan fingerprint density at radius 3 is 2.38 bits per heavy atom. The zero-order chi connectivity index (χ0) is 5.98. The van der Waals surface area contributed by atoms with Crippen LogP contribution in [0.25, 0.3) is 0 Å². The Morgan fingerprint density at radius 2 is 2.25 bits per heavy atom. The normalized spacial score (nSPS) is 20.0. The molecule has 0 saturated carbocycles. The highest BCUT2D eigenvalue weighted by atomic mass is 16.1. The first kappa shape index (κ1) is 5.56. The topological polar surface area (TPSA) is 46.3 Å². The summed E-state index contributed by atoms with van der Waals surface area (Å²) in [4.78, 5) is 12.2. The zero-order valence-corrected chi connectivity index (χ0v) is 4.76. The van der Waals surface area contributed by atoms with Gasteiger partial charge in [0.1, 0.15) is 0 Å². The van der Waals surface area contributed by atoms with Crippen LogP contribution < -0.4 is 5.73 Å². The van der Waals surface area contributed by atoms with E-state index in [-0.39, 0.29) is 5.91 Å². The smallest absolute Gasteiger partial charge is 0.231 e. The van der Waals surface area contributed by atoms with Gasteiger partial charge in [0.05, 0.1) is 6.54 Å². The maximum absolute atomic E-state index is 10.2. The highest BCUT2D eigenvalue weighted by Gasteiger charge is 2.14. The number of carbonyl (C=O) groups is 1.